The van der Waals surface area contributed by atoms with Gasteiger partial charge >= 0.3 is 0 Å². The Bertz CT molecular complexity index is 698. The van der Waals surface area contributed by atoms with Crippen LogP contribution in [0.5, 0.6) is 0 Å². The van der Waals surface area contributed by atoms with E-state index >= 15 is 0 Å². The van der Waals surface area contributed by atoms with Gasteiger partial charge in [-0.3, -0.25) is 4.68 Å². The van der Waals surface area contributed by atoms with Gasteiger partial charge in [-0.15, -0.1) is 0 Å². The van der Waals surface area contributed by atoms with Gasteiger partial charge in [0.1, 0.15) is 18.0 Å². The molecule has 0 unspecified atom stereocenters. The molecule has 130 valence electrons. The van der Waals surface area contributed by atoms with E-state index in [-0.39, 0.29) is 12.6 Å². The van der Waals surface area contributed by atoms with Gasteiger partial charge in [0.2, 0.25) is 0 Å². The molecule has 3 rings (SSSR count). The lowest BCUT2D eigenvalue weighted by Gasteiger charge is -2.24. The molecule has 2 aromatic rings. The molecule has 1 saturated heterocycles. The predicted octanol–water partition coefficient (Wildman–Crippen LogP) is 1.88. The molecule has 1 atom stereocenters. The van der Waals surface area contributed by atoms with Crippen LogP contribution >= 0.6 is 0 Å². The van der Waals surface area contributed by atoms with Gasteiger partial charge in [-0.25, -0.2) is 9.97 Å². The highest BCUT2D eigenvalue weighted by atomic mass is 16.3. The van der Waals surface area contributed by atoms with Crippen molar-refractivity contribution in [3.8, 4) is 0 Å². The number of aliphatic hydroxyl groups is 1. The Morgan fingerprint density at radius 1 is 1.33 bits per heavy atom. The van der Waals surface area contributed by atoms with Crippen LogP contribution < -0.4 is 10.2 Å². The summed E-state index contributed by atoms with van der Waals surface area (Å²) in [7, 11) is 0. The molecule has 1 fully saturated rings. The Kier molecular flexibility index (Phi) is 4.99. The maximum absolute atomic E-state index is 9.50. The molecule has 3 heterocycles. The first-order valence-electron chi connectivity index (χ1n) is 8.60. The summed E-state index contributed by atoms with van der Waals surface area (Å²) in [6.07, 6.45) is 3.68. The van der Waals surface area contributed by atoms with E-state index in [1.165, 1.54) is 11.3 Å². The summed E-state index contributed by atoms with van der Waals surface area (Å²) in [6, 6.07) is 2.13. The summed E-state index contributed by atoms with van der Waals surface area (Å²) in [6.45, 7) is 8.91. The third-order valence-electron chi connectivity index (χ3n) is 4.81. The van der Waals surface area contributed by atoms with Gasteiger partial charge in [0.05, 0.1) is 18.3 Å². The molecule has 2 aromatic heterocycles. The summed E-state index contributed by atoms with van der Waals surface area (Å²) in [4.78, 5) is 10.9. The van der Waals surface area contributed by atoms with Crippen LogP contribution in [0.15, 0.2) is 12.4 Å². The Hall–Kier alpha value is -2.15. The van der Waals surface area contributed by atoms with E-state index in [1.807, 2.05) is 17.7 Å². The van der Waals surface area contributed by atoms with E-state index in [9.17, 15) is 5.11 Å². The van der Waals surface area contributed by atoms with Gasteiger partial charge in [0.25, 0.3) is 0 Å². The van der Waals surface area contributed by atoms with Crippen molar-refractivity contribution in [2.75, 3.05) is 23.4 Å². The minimum atomic E-state index is 0.167. The summed E-state index contributed by atoms with van der Waals surface area (Å²) >= 11 is 0. The van der Waals surface area contributed by atoms with Crippen LogP contribution in [0.4, 0.5) is 11.6 Å². The van der Waals surface area contributed by atoms with Gasteiger partial charge in [-0.2, -0.15) is 5.10 Å². The quantitative estimate of drug-likeness (QED) is 0.842. The van der Waals surface area contributed by atoms with Crippen molar-refractivity contribution in [3.63, 3.8) is 0 Å². The molecule has 0 amide bonds. The Balaban J connectivity index is 1.72. The molecule has 0 radical (unpaired) electrons. The highest BCUT2D eigenvalue weighted by Gasteiger charge is 2.25. The van der Waals surface area contributed by atoms with Crippen molar-refractivity contribution in [2.24, 2.45) is 0 Å². The summed E-state index contributed by atoms with van der Waals surface area (Å²) in [5, 5.41) is 17.4. The number of aromatic nitrogens is 4. The molecule has 7 nitrogen and oxygen atoms in total. The molecule has 1 aliphatic heterocycles. The van der Waals surface area contributed by atoms with E-state index in [2.05, 4.69) is 39.1 Å². The highest BCUT2D eigenvalue weighted by molar-refractivity contribution is 5.50. The predicted molar refractivity (Wildman–Crippen MR) is 94.2 cm³/mol. The topological polar surface area (TPSA) is 79.1 Å². The number of hydrogen-bond donors (Lipinski definition) is 2. The number of rotatable bonds is 6. The minimum absolute atomic E-state index is 0.167. The van der Waals surface area contributed by atoms with Crippen LogP contribution in [0.25, 0.3) is 0 Å². The SMILES string of the molecule is CCn1nc(C)c(CNc2cc(N3CCC[C@H]3CO)ncn2)c1C. The van der Waals surface area contributed by atoms with Crippen molar-refractivity contribution >= 4 is 11.6 Å². The molecule has 24 heavy (non-hydrogen) atoms. The lowest BCUT2D eigenvalue weighted by molar-refractivity contribution is 0.266. The normalized spacial score (nSPS) is 17.5. The number of nitrogens with one attached hydrogen (secondary N) is 1. The third-order valence-corrected chi connectivity index (χ3v) is 4.81. The standard InChI is InChI=1S/C17H26N6O/c1-4-23-13(3)15(12(2)21-23)9-18-16-8-17(20-11-19-16)22-7-5-6-14(22)10-24/h8,11,14,24H,4-7,9-10H2,1-3H3,(H,18,19,20)/t14-/m0/s1. The van der Waals surface area contributed by atoms with Crippen LogP contribution in [0.1, 0.15) is 36.7 Å². The van der Waals surface area contributed by atoms with E-state index in [1.54, 1.807) is 6.33 Å². The number of aryl methyl sites for hydroxylation is 2. The third kappa shape index (κ3) is 3.21. The largest absolute Gasteiger partial charge is 0.394 e. The molecular weight excluding hydrogens is 304 g/mol. The molecule has 0 spiro atoms. The average molecular weight is 330 g/mol. The molecule has 7 heteroatoms. The van der Waals surface area contributed by atoms with Crippen LogP contribution in [0.3, 0.4) is 0 Å². The molecule has 2 N–H and O–H groups in total. The number of aliphatic hydroxyl groups excluding tert-OH is 1. The molecule has 0 bridgehead atoms. The lowest BCUT2D eigenvalue weighted by Crippen LogP contribution is -2.32. The fraction of sp³-hybridized carbons (Fsp3) is 0.588. The van der Waals surface area contributed by atoms with Gasteiger partial charge in [-0.05, 0) is 33.6 Å². The second-order valence-electron chi connectivity index (χ2n) is 6.25. The first-order valence-corrected chi connectivity index (χ1v) is 8.60. The van der Waals surface area contributed by atoms with Crippen LogP contribution in [-0.4, -0.2) is 44.0 Å². The van der Waals surface area contributed by atoms with Crippen LogP contribution in [0.2, 0.25) is 0 Å². The van der Waals surface area contributed by atoms with Crippen molar-refractivity contribution < 1.29 is 5.11 Å². The molecular formula is C17H26N6O. The van der Waals surface area contributed by atoms with E-state index in [0.717, 1.165) is 43.3 Å². The number of anilines is 2. The first kappa shape index (κ1) is 16.7. The lowest BCUT2D eigenvalue weighted by atomic mass is 10.2. The smallest absolute Gasteiger partial charge is 0.134 e. The van der Waals surface area contributed by atoms with Crippen molar-refractivity contribution in [1.82, 2.24) is 19.7 Å². The summed E-state index contributed by atoms with van der Waals surface area (Å²) < 4.78 is 2.02. The minimum Gasteiger partial charge on any atom is -0.394 e. The second kappa shape index (κ2) is 7.17. The molecule has 0 aromatic carbocycles. The fourth-order valence-electron chi connectivity index (χ4n) is 3.40. The van der Waals surface area contributed by atoms with Gasteiger partial charge < -0.3 is 15.3 Å². The zero-order chi connectivity index (χ0) is 17.1. The zero-order valence-corrected chi connectivity index (χ0v) is 14.7. The van der Waals surface area contributed by atoms with Crippen molar-refractivity contribution in [3.05, 3.63) is 29.3 Å². The number of hydrogen-bond acceptors (Lipinski definition) is 6. The summed E-state index contributed by atoms with van der Waals surface area (Å²) in [5.41, 5.74) is 3.46. The second-order valence-corrected chi connectivity index (χ2v) is 6.25. The average Bonchev–Trinajstić information content (AvgIpc) is 3.18. The highest BCUT2D eigenvalue weighted by Crippen LogP contribution is 2.25. The van der Waals surface area contributed by atoms with Crippen molar-refractivity contribution in [1.29, 1.82) is 0 Å². The Morgan fingerprint density at radius 3 is 2.88 bits per heavy atom. The van der Waals surface area contributed by atoms with Crippen LogP contribution in [0, 0.1) is 13.8 Å². The molecule has 0 saturated carbocycles. The summed E-state index contributed by atoms with van der Waals surface area (Å²) in [5.74, 6) is 1.67. The molecule has 1 aliphatic rings. The van der Waals surface area contributed by atoms with E-state index < -0.39 is 0 Å². The maximum atomic E-state index is 9.50. The van der Waals surface area contributed by atoms with Gasteiger partial charge in [-0.1, -0.05) is 0 Å². The van der Waals surface area contributed by atoms with E-state index in [0.29, 0.717) is 6.54 Å². The monoisotopic (exact) mass is 330 g/mol. The molecule has 0 aliphatic carbocycles. The van der Waals surface area contributed by atoms with Gasteiger partial charge in [0.15, 0.2) is 0 Å². The maximum Gasteiger partial charge on any atom is 0.134 e. The first-order chi connectivity index (χ1) is 11.6. The Labute approximate surface area is 142 Å². The van der Waals surface area contributed by atoms with Gasteiger partial charge in [0, 0.05) is 37.0 Å². The van der Waals surface area contributed by atoms with Crippen LogP contribution in [-0.2, 0) is 13.1 Å². The van der Waals surface area contributed by atoms with E-state index in [4.69, 9.17) is 0 Å². The fourth-order valence-corrected chi connectivity index (χ4v) is 3.40. The number of nitrogens with zero attached hydrogens (tertiary/aromatic N) is 5. The zero-order valence-electron chi connectivity index (χ0n) is 14.7. The van der Waals surface area contributed by atoms with Crippen molar-refractivity contribution in [2.45, 2.75) is 52.7 Å². The Morgan fingerprint density at radius 2 is 2.17 bits per heavy atom.